The maximum atomic E-state index is 14.3. The molecule has 2 unspecified atom stereocenters. The van der Waals surface area contributed by atoms with Crippen molar-refractivity contribution in [3.05, 3.63) is 64.7 Å². The van der Waals surface area contributed by atoms with Gasteiger partial charge in [-0.3, -0.25) is 9.59 Å². The fraction of sp³-hybridized carbons (Fsp3) is 0.516. The molecule has 1 saturated carbocycles. The van der Waals surface area contributed by atoms with Gasteiger partial charge in [0.2, 0.25) is 5.91 Å². The highest BCUT2D eigenvalue weighted by atomic mass is 16.6. The van der Waals surface area contributed by atoms with E-state index in [2.05, 4.69) is 10.6 Å². The molecule has 2 aromatic carbocycles. The fourth-order valence-corrected chi connectivity index (χ4v) is 4.60. The summed E-state index contributed by atoms with van der Waals surface area (Å²) in [6.45, 7) is 15.3. The van der Waals surface area contributed by atoms with Gasteiger partial charge in [-0.1, -0.05) is 50.2 Å². The molecule has 1 aliphatic carbocycles. The van der Waals surface area contributed by atoms with Gasteiger partial charge in [0.05, 0.1) is 0 Å². The molecule has 38 heavy (non-hydrogen) atoms. The number of aryl methyl sites for hydroxylation is 2. The second kappa shape index (κ2) is 12.0. The molecule has 2 aromatic rings. The minimum atomic E-state index is -0.843. The average molecular weight is 522 g/mol. The molecule has 0 radical (unpaired) electrons. The van der Waals surface area contributed by atoms with Crippen molar-refractivity contribution in [3.63, 3.8) is 0 Å². The molecular formula is C31H43N3O4. The van der Waals surface area contributed by atoms with Gasteiger partial charge >= 0.3 is 6.09 Å². The molecule has 2 atom stereocenters. The highest BCUT2D eigenvalue weighted by molar-refractivity contribution is 5.99. The number of hydrogen-bond acceptors (Lipinski definition) is 4. The van der Waals surface area contributed by atoms with Crippen molar-refractivity contribution in [1.82, 2.24) is 10.2 Å². The molecule has 2 N–H and O–H groups in total. The van der Waals surface area contributed by atoms with E-state index in [9.17, 15) is 14.4 Å². The lowest BCUT2D eigenvalue weighted by atomic mass is 9.94. The van der Waals surface area contributed by atoms with Gasteiger partial charge in [-0.05, 0) is 95.0 Å². The van der Waals surface area contributed by atoms with E-state index in [-0.39, 0.29) is 23.8 Å². The summed E-state index contributed by atoms with van der Waals surface area (Å²) in [5, 5.41) is 5.89. The molecule has 3 rings (SSSR count). The number of rotatable bonds is 9. The van der Waals surface area contributed by atoms with Crippen LogP contribution in [-0.4, -0.2) is 40.5 Å². The minimum Gasteiger partial charge on any atom is -0.444 e. The predicted molar refractivity (Wildman–Crippen MR) is 151 cm³/mol. The van der Waals surface area contributed by atoms with Crippen molar-refractivity contribution in [2.24, 2.45) is 5.92 Å². The number of hydrogen-bond donors (Lipinski definition) is 2. The number of carbonyl (C=O) groups excluding carboxylic acids is 3. The summed E-state index contributed by atoms with van der Waals surface area (Å²) in [5.41, 5.74) is 3.76. The number of nitrogens with one attached hydrogen (secondary N) is 2. The molecule has 0 saturated heterocycles. The van der Waals surface area contributed by atoms with Crippen molar-refractivity contribution in [3.8, 4) is 0 Å². The number of amides is 3. The van der Waals surface area contributed by atoms with E-state index >= 15 is 0 Å². The molecule has 0 heterocycles. The van der Waals surface area contributed by atoms with Crippen molar-refractivity contribution in [1.29, 1.82) is 0 Å². The molecule has 1 aliphatic rings. The van der Waals surface area contributed by atoms with Crippen LogP contribution >= 0.6 is 0 Å². The first-order valence-corrected chi connectivity index (χ1v) is 13.5. The minimum absolute atomic E-state index is 0.0786. The first kappa shape index (κ1) is 29.2. The Morgan fingerprint density at radius 1 is 0.974 bits per heavy atom. The summed E-state index contributed by atoms with van der Waals surface area (Å²) in [5.74, 6) is -0.397. The van der Waals surface area contributed by atoms with E-state index in [1.165, 1.54) is 0 Å². The molecule has 7 nitrogen and oxygen atoms in total. The first-order valence-electron chi connectivity index (χ1n) is 13.5. The van der Waals surface area contributed by atoms with Gasteiger partial charge < -0.3 is 20.3 Å². The quantitative estimate of drug-likeness (QED) is 0.410. The Labute approximate surface area is 227 Å². The van der Waals surface area contributed by atoms with Crippen LogP contribution < -0.4 is 10.6 Å². The lowest BCUT2D eigenvalue weighted by Crippen LogP contribution is -2.53. The normalized spacial score (nSPS) is 15.0. The van der Waals surface area contributed by atoms with E-state index in [1.54, 1.807) is 25.7 Å². The monoisotopic (exact) mass is 521 g/mol. The van der Waals surface area contributed by atoms with Crippen molar-refractivity contribution >= 4 is 23.6 Å². The van der Waals surface area contributed by atoms with E-state index < -0.39 is 23.8 Å². The zero-order chi connectivity index (χ0) is 28.2. The predicted octanol–water partition coefficient (Wildman–Crippen LogP) is 6.22. The molecule has 1 fully saturated rings. The molecule has 7 heteroatoms. The number of benzene rings is 2. The third-order valence-corrected chi connectivity index (χ3v) is 6.76. The number of anilines is 1. The van der Waals surface area contributed by atoms with Crippen LogP contribution in [0.15, 0.2) is 42.5 Å². The molecule has 206 valence electrons. The van der Waals surface area contributed by atoms with Crippen LogP contribution in [0.2, 0.25) is 0 Å². The average Bonchev–Trinajstić information content (AvgIpc) is 3.64. The number of para-hydroxylation sites is 1. The van der Waals surface area contributed by atoms with Crippen LogP contribution in [0, 0.1) is 26.7 Å². The van der Waals surface area contributed by atoms with Gasteiger partial charge in [0.1, 0.15) is 17.7 Å². The number of alkyl carbamates (subject to hydrolysis) is 1. The Bertz CT molecular complexity index is 1160. The van der Waals surface area contributed by atoms with E-state index in [1.807, 2.05) is 77.1 Å². The van der Waals surface area contributed by atoms with E-state index in [0.29, 0.717) is 12.1 Å². The van der Waals surface area contributed by atoms with E-state index in [4.69, 9.17) is 4.74 Å². The van der Waals surface area contributed by atoms with Crippen LogP contribution in [0.4, 0.5) is 10.5 Å². The van der Waals surface area contributed by atoms with Gasteiger partial charge in [-0.15, -0.1) is 0 Å². The van der Waals surface area contributed by atoms with Crippen LogP contribution in [0.1, 0.15) is 82.2 Å². The maximum Gasteiger partial charge on any atom is 0.408 e. The molecule has 3 amide bonds. The van der Waals surface area contributed by atoms with Gasteiger partial charge in [0.15, 0.2) is 0 Å². The largest absolute Gasteiger partial charge is 0.444 e. The summed E-state index contributed by atoms with van der Waals surface area (Å²) in [6.07, 6.45) is 1.41. The first-order chi connectivity index (χ1) is 17.8. The van der Waals surface area contributed by atoms with Gasteiger partial charge in [-0.25, -0.2) is 4.79 Å². The Kier molecular flexibility index (Phi) is 9.23. The standard InChI is InChI=1S/C31H43N3O4/c1-19(2)18-26(33-30(37)38-31(6,7)8)29(36)34(23-16-17-23)27(24-14-11-13-20(3)22(24)5)28(35)32-25-15-10-9-12-21(25)4/h9-15,19,23,26-27H,16-18H2,1-8H3,(H,32,35)(H,33,37). The molecule has 0 bridgehead atoms. The van der Waals surface area contributed by atoms with Crippen LogP contribution in [-0.2, 0) is 14.3 Å². The highest BCUT2D eigenvalue weighted by Gasteiger charge is 2.44. The molecular weight excluding hydrogens is 478 g/mol. The van der Waals surface area contributed by atoms with Crippen LogP contribution in [0.25, 0.3) is 0 Å². The molecule has 0 aromatic heterocycles. The fourth-order valence-electron chi connectivity index (χ4n) is 4.60. The zero-order valence-electron chi connectivity index (χ0n) is 24.1. The number of carbonyl (C=O) groups is 3. The Morgan fingerprint density at radius 3 is 2.18 bits per heavy atom. The summed E-state index contributed by atoms with van der Waals surface area (Å²) in [7, 11) is 0. The summed E-state index contributed by atoms with van der Waals surface area (Å²) in [6, 6.07) is 11.7. The maximum absolute atomic E-state index is 14.3. The van der Waals surface area contributed by atoms with Crippen molar-refractivity contribution < 1.29 is 19.1 Å². The highest BCUT2D eigenvalue weighted by Crippen LogP contribution is 2.38. The lowest BCUT2D eigenvalue weighted by molar-refractivity contribution is -0.141. The summed E-state index contributed by atoms with van der Waals surface area (Å²) < 4.78 is 5.48. The Hall–Kier alpha value is -3.35. The third kappa shape index (κ3) is 7.59. The SMILES string of the molecule is Cc1ccccc1NC(=O)C(c1cccc(C)c1C)N(C(=O)C(CC(C)C)NC(=O)OC(C)(C)C)C1CC1. The smallest absolute Gasteiger partial charge is 0.408 e. The second-order valence-corrected chi connectivity index (χ2v) is 11.8. The van der Waals surface area contributed by atoms with Gasteiger partial charge in [0.25, 0.3) is 5.91 Å². The van der Waals surface area contributed by atoms with Gasteiger partial charge in [-0.2, -0.15) is 0 Å². The summed E-state index contributed by atoms with van der Waals surface area (Å²) >= 11 is 0. The Morgan fingerprint density at radius 2 is 1.61 bits per heavy atom. The van der Waals surface area contributed by atoms with E-state index in [0.717, 1.165) is 35.1 Å². The van der Waals surface area contributed by atoms with Gasteiger partial charge in [0, 0.05) is 11.7 Å². The zero-order valence-corrected chi connectivity index (χ0v) is 24.1. The van der Waals surface area contributed by atoms with Crippen molar-refractivity contribution in [2.45, 2.75) is 98.4 Å². The molecule has 0 aliphatic heterocycles. The van der Waals surface area contributed by atoms with Crippen molar-refractivity contribution in [2.75, 3.05) is 5.32 Å². The second-order valence-electron chi connectivity index (χ2n) is 11.8. The third-order valence-electron chi connectivity index (χ3n) is 6.76. The number of nitrogens with zero attached hydrogens (tertiary/aromatic N) is 1. The Balaban J connectivity index is 2.04. The van der Waals surface area contributed by atoms with Crippen LogP contribution in [0.3, 0.4) is 0 Å². The lowest BCUT2D eigenvalue weighted by Gasteiger charge is -2.36. The molecule has 0 spiro atoms. The summed E-state index contributed by atoms with van der Waals surface area (Å²) in [4.78, 5) is 42.8. The van der Waals surface area contributed by atoms with Crippen LogP contribution in [0.5, 0.6) is 0 Å². The number of ether oxygens (including phenoxy) is 1. The topological polar surface area (TPSA) is 87.7 Å².